The van der Waals surface area contributed by atoms with E-state index in [1.54, 1.807) is 0 Å². The van der Waals surface area contributed by atoms with E-state index >= 15 is 0 Å². The molecule has 1 unspecified atom stereocenters. The van der Waals surface area contributed by atoms with E-state index in [1.807, 2.05) is 0 Å². The van der Waals surface area contributed by atoms with Crippen LogP contribution in [-0.2, 0) is 4.79 Å². The number of amides is 2. The van der Waals surface area contributed by atoms with Crippen LogP contribution >= 0.6 is 23.2 Å². The maximum atomic E-state index is 11.4. The Bertz CT molecular complexity index is 364. The molecule has 0 spiro atoms. The summed E-state index contributed by atoms with van der Waals surface area (Å²) in [6.07, 6.45) is -1.41. The minimum atomic E-state index is -1.41. The first-order chi connectivity index (χ1) is 6.37. The molecule has 0 aliphatic carbocycles. The maximum absolute atomic E-state index is 11.4. The van der Waals surface area contributed by atoms with Crippen molar-refractivity contribution in [2.24, 2.45) is 0 Å². The van der Waals surface area contributed by atoms with Gasteiger partial charge in [0.05, 0.1) is 0 Å². The van der Waals surface area contributed by atoms with E-state index in [1.165, 1.54) is 6.92 Å². The summed E-state index contributed by atoms with van der Waals surface area (Å²) in [4.78, 5) is 22.6. The van der Waals surface area contributed by atoms with Crippen LogP contribution in [0, 0.1) is 0 Å². The fourth-order valence-corrected chi connectivity index (χ4v) is 1.47. The second-order valence-electron chi connectivity index (χ2n) is 2.64. The van der Waals surface area contributed by atoms with Gasteiger partial charge in [0.25, 0.3) is 5.16 Å². The topological polar surface area (TPSA) is 60.6 Å². The molecule has 0 saturated carbocycles. The first-order valence-corrected chi connectivity index (χ1v) is 4.36. The van der Waals surface area contributed by atoms with Crippen molar-refractivity contribution in [3.8, 4) is 0 Å². The molecule has 14 heavy (non-hydrogen) atoms. The lowest BCUT2D eigenvalue weighted by molar-refractivity contribution is -0.469. The molecule has 1 rings (SSSR count). The van der Waals surface area contributed by atoms with E-state index in [0.717, 1.165) is 4.58 Å². The van der Waals surface area contributed by atoms with Crippen molar-refractivity contribution in [1.29, 1.82) is 0 Å². The first-order valence-electron chi connectivity index (χ1n) is 3.55. The second-order valence-corrected chi connectivity index (χ2v) is 3.41. The highest BCUT2D eigenvalue weighted by atomic mass is 35.5. The van der Waals surface area contributed by atoms with Gasteiger partial charge in [-0.25, -0.2) is 9.69 Å². The zero-order valence-electron chi connectivity index (χ0n) is 7.20. The van der Waals surface area contributed by atoms with Gasteiger partial charge >= 0.3 is 17.5 Å². The van der Waals surface area contributed by atoms with E-state index in [0.29, 0.717) is 4.90 Å². The minimum absolute atomic E-state index is 0.0343. The lowest BCUT2D eigenvalue weighted by Gasteiger charge is -2.23. The summed E-state index contributed by atoms with van der Waals surface area (Å²) < 4.78 is 1.06. The van der Waals surface area contributed by atoms with E-state index in [9.17, 15) is 9.59 Å². The number of alkyl halides is 1. The molecule has 0 bridgehead atoms. The number of hydrogen-bond acceptors (Lipinski definition) is 2. The van der Waals surface area contributed by atoms with E-state index in [-0.39, 0.29) is 10.9 Å². The monoisotopic (exact) mass is 237 g/mol. The van der Waals surface area contributed by atoms with E-state index in [4.69, 9.17) is 28.3 Å². The molecule has 7 heteroatoms. The number of rotatable bonds is 0. The van der Waals surface area contributed by atoms with Crippen molar-refractivity contribution in [2.75, 3.05) is 0 Å². The zero-order valence-corrected chi connectivity index (χ0v) is 8.71. The smallest absolute Gasteiger partial charge is 0.418 e. The Morgan fingerprint density at radius 3 is 2.64 bits per heavy atom. The third kappa shape index (κ3) is 1.49. The van der Waals surface area contributed by atoms with Crippen LogP contribution in [-0.4, -0.2) is 38.8 Å². The number of nitrogens with zero attached hydrogens (tertiary/aromatic N) is 2. The molecular weight excluding hydrogens is 231 g/mol. The van der Waals surface area contributed by atoms with Gasteiger partial charge in [0, 0.05) is 0 Å². The third-order valence-corrected chi connectivity index (χ3v) is 2.69. The predicted molar refractivity (Wildman–Crippen MR) is 50.4 cm³/mol. The summed E-state index contributed by atoms with van der Waals surface area (Å²) in [5.41, 5.74) is -1.10. The lowest BCUT2D eigenvalue weighted by atomic mass is 10.3. The molecule has 0 saturated heterocycles. The molecule has 1 heterocycles. The number of hydrogen-bond donors (Lipinski definition) is 1. The average Bonchev–Trinajstić information content (AvgIpc) is 2.11. The summed E-state index contributed by atoms with van der Waals surface area (Å²) in [7, 11) is 0. The van der Waals surface area contributed by atoms with Crippen molar-refractivity contribution in [1.82, 2.24) is 4.90 Å². The van der Waals surface area contributed by atoms with Crippen molar-refractivity contribution in [3.63, 3.8) is 0 Å². The van der Waals surface area contributed by atoms with Crippen LogP contribution in [0.2, 0.25) is 0 Å². The van der Waals surface area contributed by atoms with Gasteiger partial charge < -0.3 is 5.11 Å². The fraction of sp³-hybridized carbons (Fsp3) is 0.286. The summed E-state index contributed by atoms with van der Waals surface area (Å²) >= 11 is 11.3. The molecule has 76 valence electrons. The van der Waals surface area contributed by atoms with Crippen LogP contribution in [0.4, 0.5) is 4.79 Å². The molecule has 1 N–H and O–H groups in total. The van der Waals surface area contributed by atoms with Gasteiger partial charge in [-0.1, -0.05) is 0 Å². The Kier molecular flexibility index (Phi) is 2.82. The highest BCUT2D eigenvalue weighted by Crippen LogP contribution is 2.25. The molecule has 0 fully saturated rings. The average molecular weight is 238 g/mol. The number of carbonyl (C=O) groups excluding carboxylic acids is 1. The predicted octanol–water partition coefficient (Wildman–Crippen LogP) is 1.21. The number of carboxylic acid groups (broad SMARTS) is 1. The fourth-order valence-electron chi connectivity index (χ4n) is 1.04. The van der Waals surface area contributed by atoms with E-state index < -0.39 is 17.5 Å². The summed E-state index contributed by atoms with van der Waals surface area (Å²) in [5, 5.41) is 8.75. The van der Waals surface area contributed by atoms with Crippen molar-refractivity contribution in [3.05, 3.63) is 10.9 Å². The van der Waals surface area contributed by atoms with Gasteiger partial charge in [-0.2, -0.15) is 4.58 Å². The Labute approximate surface area is 89.8 Å². The number of carbonyl (C=O) groups is 2. The van der Waals surface area contributed by atoms with Crippen LogP contribution in [0.15, 0.2) is 10.9 Å². The standard InChI is InChI=1S/C7H6Cl2N2O3/c1-3-4(8)10(2)5(9)6(12)11(3)7(13)14/h5H,2H2,1H3/p+1. The van der Waals surface area contributed by atoms with Gasteiger partial charge in [0.2, 0.25) is 0 Å². The van der Waals surface area contributed by atoms with Crippen LogP contribution in [0.1, 0.15) is 6.92 Å². The van der Waals surface area contributed by atoms with Crippen LogP contribution < -0.4 is 0 Å². The van der Waals surface area contributed by atoms with Crippen molar-refractivity contribution in [2.45, 2.75) is 12.4 Å². The highest BCUT2D eigenvalue weighted by molar-refractivity contribution is 6.33. The largest absolute Gasteiger partial charge is 0.464 e. The van der Waals surface area contributed by atoms with Gasteiger partial charge in [-0.3, -0.25) is 4.79 Å². The molecular formula is C7H7Cl2N2O3+. The summed E-state index contributed by atoms with van der Waals surface area (Å²) in [5.74, 6) is -0.781. The minimum Gasteiger partial charge on any atom is -0.464 e. The zero-order chi connectivity index (χ0) is 11.0. The Hall–Kier alpha value is -1.07. The van der Waals surface area contributed by atoms with Gasteiger partial charge in [-0.05, 0) is 30.1 Å². The Morgan fingerprint density at radius 1 is 1.71 bits per heavy atom. The quantitative estimate of drug-likeness (QED) is 0.392. The Morgan fingerprint density at radius 2 is 2.21 bits per heavy atom. The van der Waals surface area contributed by atoms with Crippen LogP contribution in [0.5, 0.6) is 0 Å². The van der Waals surface area contributed by atoms with E-state index in [2.05, 4.69) is 6.72 Å². The maximum Gasteiger partial charge on any atom is 0.418 e. The molecule has 0 aromatic carbocycles. The van der Waals surface area contributed by atoms with Crippen LogP contribution in [0.25, 0.3) is 0 Å². The molecule has 1 aliphatic rings. The number of imide groups is 1. The Balaban J connectivity index is 3.27. The van der Waals surface area contributed by atoms with Crippen molar-refractivity contribution < 1.29 is 19.3 Å². The molecule has 1 aliphatic heterocycles. The highest BCUT2D eigenvalue weighted by Gasteiger charge is 2.43. The van der Waals surface area contributed by atoms with Crippen LogP contribution in [0.3, 0.4) is 0 Å². The summed E-state index contributed by atoms with van der Waals surface area (Å²) in [6, 6.07) is 0. The molecule has 0 aromatic heterocycles. The van der Waals surface area contributed by atoms with Gasteiger partial charge in [0.1, 0.15) is 12.4 Å². The van der Waals surface area contributed by atoms with Gasteiger partial charge in [-0.15, -0.1) is 0 Å². The van der Waals surface area contributed by atoms with Crippen molar-refractivity contribution >= 4 is 41.9 Å². The summed E-state index contributed by atoms with van der Waals surface area (Å²) in [6.45, 7) is 4.82. The number of halogens is 2. The second kappa shape index (κ2) is 3.59. The molecule has 0 radical (unpaired) electrons. The third-order valence-electron chi connectivity index (χ3n) is 1.78. The first kappa shape index (κ1) is 11.0. The molecule has 0 aromatic rings. The molecule has 5 nitrogen and oxygen atoms in total. The molecule has 2 amide bonds. The normalized spacial score (nSPS) is 23.1. The SMILES string of the molecule is C=[N+]1C(Cl)=C(C)N(C(=O)O)C(=O)C1Cl. The molecule has 1 atom stereocenters. The number of allylic oxidation sites excluding steroid dienone is 1. The lowest BCUT2D eigenvalue weighted by Crippen LogP contribution is -2.47. The van der Waals surface area contributed by atoms with Gasteiger partial charge in [0.15, 0.2) is 0 Å².